The van der Waals surface area contributed by atoms with Gasteiger partial charge in [0.15, 0.2) is 0 Å². The van der Waals surface area contributed by atoms with Gasteiger partial charge >= 0.3 is 0 Å². The largest absolute Gasteiger partial charge is 0.272 e. The number of aryl methyl sites for hydroxylation is 1. The average Bonchev–Trinajstić information content (AvgIpc) is 2.75. The Morgan fingerprint density at radius 1 is 1.00 bits per heavy atom. The Hall–Kier alpha value is -2.42. The molecule has 0 aliphatic heterocycles. The maximum absolute atomic E-state index is 13.3. The molecule has 3 rings (SSSR count). The van der Waals surface area contributed by atoms with E-state index in [2.05, 4.69) is 10.5 Å². The van der Waals surface area contributed by atoms with Gasteiger partial charge in [0.05, 0.1) is 17.7 Å². The van der Waals surface area contributed by atoms with Gasteiger partial charge in [0.2, 0.25) is 10.0 Å². The van der Waals surface area contributed by atoms with Crippen LogP contribution in [0, 0.1) is 6.92 Å². The van der Waals surface area contributed by atoms with Crippen LogP contribution in [0.3, 0.4) is 0 Å². The Balaban J connectivity index is 1.82. The summed E-state index contributed by atoms with van der Waals surface area (Å²) in [6.45, 7) is 1.32. The number of halogens is 3. The fourth-order valence-corrected chi connectivity index (χ4v) is 4.91. The van der Waals surface area contributed by atoms with E-state index in [-0.39, 0.29) is 16.5 Å². The number of hydrogen-bond donors (Lipinski definition) is 1. The van der Waals surface area contributed by atoms with Crippen molar-refractivity contribution in [2.45, 2.75) is 18.4 Å². The van der Waals surface area contributed by atoms with E-state index in [0.717, 1.165) is 15.4 Å². The van der Waals surface area contributed by atoms with Crippen molar-refractivity contribution in [1.29, 1.82) is 0 Å². The first kappa shape index (κ1) is 25.2. The Morgan fingerprint density at radius 3 is 2.36 bits per heavy atom. The molecule has 1 N–H and O–H groups in total. The summed E-state index contributed by atoms with van der Waals surface area (Å²) in [5, 5.41) is 5.03. The van der Waals surface area contributed by atoms with Crippen LogP contribution >= 0.6 is 34.8 Å². The van der Waals surface area contributed by atoms with Crippen LogP contribution in [-0.4, -0.2) is 31.4 Å². The molecule has 0 bridgehead atoms. The third-order valence-electron chi connectivity index (χ3n) is 4.58. The summed E-state index contributed by atoms with van der Waals surface area (Å²) >= 11 is 18.1. The molecule has 3 aromatic carbocycles. The van der Waals surface area contributed by atoms with Crippen LogP contribution in [-0.2, 0) is 21.4 Å². The third-order valence-corrected chi connectivity index (χ3v) is 7.22. The zero-order chi connectivity index (χ0) is 24.0. The van der Waals surface area contributed by atoms with Crippen LogP contribution in [0.2, 0.25) is 15.1 Å². The van der Waals surface area contributed by atoms with Gasteiger partial charge in [-0.2, -0.15) is 9.41 Å². The van der Waals surface area contributed by atoms with Crippen LogP contribution < -0.4 is 5.43 Å². The standard InChI is InChI=1S/C23H20Cl3N3O3S/c1-16-3-2-4-17(11-16)13-27-28-23(30)15-29(14-18-5-6-20(25)12-22(18)26)33(31,32)21-9-7-19(24)8-10-21/h2-13H,14-15H2,1H3,(H,28,30)/b27-13-. The number of amides is 1. The number of hydrazone groups is 1. The van der Waals surface area contributed by atoms with Crippen LogP contribution in [0.15, 0.2) is 76.7 Å². The monoisotopic (exact) mass is 523 g/mol. The van der Waals surface area contributed by atoms with Gasteiger partial charge in [-0.25, -0.2) is 13.8 Å². The van der Waals surface area contributed by atoms with E-state index in [0.29, 0.717) is 15.6 Å². The van der Waals surface area contributed by atoms with Crippen molar-refractivity contribution in [3.8, 4) is 0 Å². The zero-order valence-electron chi connectivity index (χ0n) is 17.5. The van der Waals surface area contributed by atoms with E-state index in [1.807, 2.05) is 31.2 Å². The molecule has 0 heterocycles. The number of carbonyl (C=O) groups excluding carboxylic acids is 1. The Labute approximate surface area is 207 Å². The van der Waals surface area contributed by atoms with E-state index in [4.69, 9.17) is 34.8 Å². The van der Waals surface area contributed by atoms with Gasteiger partial charge < -0.3 is 0 Å². The first-order valence-electron chi connectivity index (χ1n) is 9.73. The van der Waals surface area contributed by atoms with Crippen molar-refractivity contribution in [1.82, 2.24) is 9.73 Å². The fraction of sp³-hybridized carbons (Fsp3) is 0.130. The van der Waals surface area contributed by atoms with E-state index in [1.165, 1.54) is 36.5 Å². The Kier molecular flexibility index (Phi) is 8.51. The number of benzene rings is 3. The number of rotatable bonds is 8. The molecule has 1 amide bonds. The van der Waals surface area contributed by atoms with Gasteiger partial charge in [0.1, 0.15) is 0 Å². The Bertz CT molecular complexity index is 1280. The Morgan fingerprint density at radius 2 is 1.70 bits per heavy atom. The molecule has 0 fully saturated rings. The summed E-state index contributed by atoms with van der Waals surface area (Å²) in [4.78, 5) is 12.6. The van der Waals surface area contributed by atoms with E-state index in [9.17, 15) is 13.2 Å². The molecule has 0 saturated heterocycles. The number of hydrogen-bond acceptors (Lipinski definition) is 4. The molecule has 6 nitrogen and oxygen atoms in total. The third kappa shape index (κ3) is 7.03. The normalized spacial score (nSPS) is 11.8. The lowest BCUT2D eigenvalue weighted by Gasteiger charge is -2.22. The molecule has 33 heavy (non-hydrogen) atoms. The highest BCUT2D eigenvalue weighted by Gasteiger charge is 2.27. The van der Waals surface area contributed by atoms with Crippen LogP contribution in [0.5, 0.6) is 0 Å². The molecule has 0 unspecified atom stereocenters. The predicted molar refractivity (Wildman–Crippen MR) is 132 cm³/mol. The molecular formula is C23H20Cl3N3O3S. The highest BCUT2D eigenvalue weighted by molar-refractivity contribution is 7.89. The van der Waals surface area contributed by atoms with Gasteiger partial charge in [-0.05, 0) is 54.4 Å². The maximum atomic E-state index is 13.3. The van der Waals surface area contributed by atoms with Crippen molar-refractivity contribution in [3.05, 3.63) is 98.5 Å². The minimum Gasteiger partial charge on any atom is -0.272 e. The second-order valence-corrected chi connectivity index (χ2v) is 10.4. The lowest BCUT2D eigenvalue weighted by molar-refractivity contribution is -0.121. The quantitative estimate of drug-likeness (QED) is 0.321. The highest BCUT2D eigenvalue weighted by atomic mass is 35.5. The second-order valence-electron chi connectivity index (χ2n) is 7.17. The van der Waals surface area contributed by atoms with Crippen molar-refractivity contribution >= 4 is 56.9 Å². The van der Waals surface area contributed by atoms with E-state index >= 15 is 0 Å². The van der Waals surface area contributed by atoms with Gasteiger partial charge in [-0.15, -0.1) is 0 Å². The smallest absolute Gasteiger partial charge is 0.255 e. The number of nitrogens with zero attached hydrogens (tertiary/aromatic N) is 2. The first-order valence-corrected chi connectivity index (χ1v) is 12.3. The van der Waals surface area contributed by atoms with Gasteiger partial charge in [-0.3, -0.25) is 4.79 Å². The summed E-state index contributed by atoms with van der Waals surface area (Å²) in [6.07, 6.45) is 1.49. The molecule has 172 valence electrons. The molecule has 0 spiro atoms. The molecule has 10 heteroatoms. The number of carbonyl (C=O) groups is 1. The molecule has 0 saturated carbocycles. The molecule has 0 radical (unpaired) electrons. The molecule has 0 atom stereocenters. The first-order chi connectivity index (χ1) is 15.6. The van der Waals surface area contributed by atoms with Crippen molar-refractivity contribution in [2.24, 2.45) is 5.10 Å². The SMILES string of the molecule is Cc1cccc(/C=N\NC(=O)CN(Cc2ccc(Cl)cc2Cl)S(=O)(=O)c2ccc(Cl)cc2)c1. The van der Waals surface area contributed by atoms with Crippen LogP contribution in [0.1, 0.15) is 16.7 Å². The maximum Gasteiger partial charge on any atom is 0.255 e. The molecule has 0 aromatic heterocycles. The summed E-state index contributed by atoms with van der Waals surface area (Å²) in [6, 6.07) is 18.0. The summed E-state index contributed by atoms with van der Waals surface area (Å²) in [5.41, 5.74) is 4.71. The highest BCUT2D eigenvalue weighted by Crippen LogP contribution is 2.25. The van der Waals surface area contributed by atoms with Crippen LogP contribution in [0.4, 0.5) is 0 Å². The predicted octanol–water partition coefficient (Wildman–Crippen LogP) is 5.30. The lowest BCUT2D eigenvalue weighted by Crippen LogP contribution is -2.39. The lowest BCUT2D eigenvalue weighted by atomic mass is 10.2. The minimum absolute atomic E-state index is 0.00644. The van der Waals surface area contributed by atoms with Gasteiger partial charge in [-0.1, -0.05) is 70.7 Å². The van der Waals surface area contributed by atoms with Crippen molar-refractivity contribution in [2.75, 3.05) is 6.54 Å². The minimum atomic E-state index is -4.05. The topological polar surface area (TPSA) is 78.8 Å². The van der Waals surface area contributed by atoms with E-state index in [1.54, 1.807) is 12.1 Å². The zero-order valence-corrected chi connectivity index (χ0v) is 20.6. The fourth-order valence-electron chi connectivity index (χ4n) is 2.95. The molecule has 0 aliphatic rings. The van der Waals surface area contributed by atoms with E-state index < -0.39 is 22.5 Å². The molecular weight excluding hydrogens is 505 g/mol. The molecule has 3 aromatic rings. The second kappa shape index (κ2) is 11.1. The summed E-state index contributed by atoms with van der Waals surface area (Å²) < 4.78 is 27.6. The average molecular weight is 525 g/mol. The van der Waals surface area contributed by atoms with Gasteiger partial charge in [0, 0.05) is 21.6 Å². The molecule has 0 aliphatic carbocycles. The van der Waals surface area contributed by atoms with Crippen molar-refractivity contribution < 1.29 is 13.2 Å². The van der Waals surface area contributed by atoms with Crippen molar-refractivity contribution in [3.63, 3.8) is 0 Å². The van der Waals surface area contributed by atoms with Gasteiger partial charge in [0.25, 0.3) is 5.91 Å². The number of nitrogens with one attached hydrogen (secondary N) is 1. The summed E-state index contributed by atoms with van der Waals surface area (Å²) in [5.74, 6) is -0.610. The summed E-state index contributed by atoms with van der Waals surface area (Å²) in [7, 11) is -4.05. The number of sulfonamides is 1. The van der Waals surface area contributed by atoms with Crippen LogP contribution in [0.25, 0.3) is 0 Å².